The highest BCUT2D eigenvalue weighted by molar-refractivity contribution is 7.99. The summed E-state index contributed by atoms with van der Waals surface area (Å²) in [4.78, 5) is 22.3. The zero-order valence-corrected chi connectivity index (χ0v) is 19.5. The van der Waals surface area contributed by atoms with Crippen LogP contribution >= 0.6 is 11.8 Å². The summed E-state index contributed by atoms with van der Waals surface area (Å²) < 4.78 is 11.6. The molecule has 0 unspecified atom stereocenters. The SMILES string of the molecule is CCOc1cc(/C=N/NC(=O)CSCc2ccc([N+](=O)[O-])cc2)ccc1OCc1ccccc1. The third-order valence-electron chi connectivity index (χ3n) is 4.56. The molecule has 0 spiro atoms. The molecule has 9 heteroatoms. The Labute approximate surface area is 202 Å². The van der Waals surface area contributed by atoms with E-state index in [0.29, 0.717) is 30.5 Å². The van der Waals surface area contributed by atoms with Gasteiger partial charge in [0.25, 0.3) is 5.69 Å². The highest BCUT2D eigenvalue weighted by Crippen LogP contribution is 2.29. The monoisotopic (exact) mass is 479 g/mol. The lowest BCUT2D eigenvalue weighted by atomic mass is 10.2. The number of hydrogen-bond donors (Lipinski definition) is 1. The fourth-order valence-corrected chi connectivity index (χ4v) is 3.69. The van der Waals surface area contributed by atoms with Gasteiger partial charge in [-0.15, -0.1) is 11.8 Å². The molecule has 0 heterocycles. The van der Waals surface area contributed by atoms with Crippen molar-refractivity contribution in [1.29, 1.82) is 0 Å². The molecule has 0 fully saturated rings. The van der Waals surface area contributed by atoms with Gasteiger partial charge in [0.2, 0.25) is 5.91 Å². The molecule has 0 bridgehead atoms. The van der Waals surface area contributed by atoms with E-state index in [1.807, 2.05) is 55.5 Å². The fourth-order valence-electron chi connectivity index (χ4n) is 2.91. The molecule has 0 aliphatic rings. The van der Waals surface area contributed by atoms with E-state index in [-0.39, 0.29) is 17.3 Å². The number of nitro benzene ring substituents is 1. The molecule has 0 radical (unpaired) electrons. The van der Waals surface area contributed by atoms with E-state index < -0.39 is 4.92 Å². The van der Waals surface area contributed by atoms with Crippen LogP contribution in [0.5, 0.6) is 11.5 Å². The number of hydrogen-bond acceptors (Lipinski definition) is 7. The van der Waals surface area contributed by atoms with Crippen LogP contribution in [0.1, 0.15) is 23.6 Å². The van der Waals surface area contributed by atoms with E-state index >= 15 is 0 Å². The maximum Gasteiger partial charge on any atom is 0.269 e. The summed E-state index contributed by atoms with van der Waals surface area (Å²) in [7, 11) is 0. The van der Waals surface area contributed by atoms with Crippen LogP contribution in [-0.4, -0.2) is 29.4 Å². The van der Waals surface area contributed by atoms with Gasteiger partial charge in [0.05, 0.1) is 23.5 Å². The molecule has 0 saturated heterocycles. The molecule has 1 N–H and O–H groups in total. The van der Waals surface area contributed by atoms with Gasteiger partial charge in [-0.1, -0.05) is 42.5 Å². The third kappa shape index (κ3) is 7.93. The van der Waals surface area contributed by atoms with Crippen molar-refractivity contribution >= 4 is 29.6 Å². The Hall–Kier alpha value is -3.85. The van der Waals surface area contributed by atoms with Gasteiger partial charge in [0.15, 0.2) is 11.5 Å². The Kier molecular flexibility index (Phi) is 9.48. The van der Waals surface area contributed by atoms with Crippen LogP contribution in [0.3, 0.4) is 0 Å². The van der Waals surface area contributed by atoms with Gasteiger partial charge in [-0.05, 0) is 41.8 Å². The van der Waals surface area contributed by atoms with Crippen LogP contribution in [0.4, 0.5) is 5.69 Å². The van der Waals surface area contributed by atoms with E-state index in [1.54, 1.807) is 18.3 Å². The van der Waals surface area contributed by atoms with Crippen molar-refractivity contribution in [3.63, 3.8) is 0 Å². The van der Waals surface area contributed by atoms with Crippen LogP contribution in [0.15, 0.2) is 77.9 Å². The molecular weight excluding hydrogens is 454 g/mol. The summed E-state index contributed by atoms with van der Waals surface area (Å²) in [5, 5.41) is 14.7. The Morgan fingerprint density at radius 2 is 1.79 bits per heavy atom. The smallest absolute Gasteiger partial charge is 0.269 e. The first-order valence-corrected chi connectivity index (χ1v) is 11.8. The normalized spacial score (nSPS) is 10.7. The third-order valence-corrected chi connectivity index (χ3v) is 5.56. The van der Waals surface area contributed by atoms with Crippen molar-refractivity contribution in [2.75, 3.05) is 12.4 Å². The molecule has 0 aliphatic heterocycles. The maximum atomic E-state index is 12.0. The zero-order chi connectivity index (χ0) is 24.2. The number of nitrogens with one attached hydrogen (secondary N) is 1. The molecular formula is C25H25N3O5S. The molecule has 1 amide bonds. The fraction of sp³-hybridized carbons (Fsp3) is 0.200. The number of non-ortho nitro benzene ring substituents is 1. The van der Waals surface area contributed by atoms with Crippen LogP contribution in [-0.2, 0) is 17.2 Å². The number of benzene rings is 3. The minimum absolute atomic E-state index is 0.0455. The van der Waals surface area contributed by atoms with Gasteiger partial charge in [0.1, 0.15) is 6.61 Å². The van der Waals surface area contributed by atoms with E-state index in [9.17, 15) is 14.9 Å². The predicted octanol–water partition coefficient (Wildman–Crippen LogP) is 4.96. The van der Waals surface area contributed by atoms with E-state index in [0.717, 1.165) is 16.7 Å². The van der Waals surface area contributed by atoms with Crippen molar-refractivity contribution in [1.82, 2.24) is 5.43 Å². The second-order valence-electron chi connectivity index (χ2n) is 7.12. The number of carbonyl (C=O) groups is 1. The molecule has 176 valence electrons. The number of amides is 1. The summed E-state index contributed by atoms with van der Waals surface area (Å²) >= 11 is 1.40. The molecule has 3 aromatic carbocycles. The molecule has 3 rings (SSSR count). The standard InChI is InChI=1S/C25H25N3O5S/c1-2-32-24-14-21(10-13-23(24)33-16-19-6-4-3-5-7-19)15-26-27-25(29)18-34-17-20-8-11-22(12-9-20)28(30)31/h3-15H,2,16-18H2,1H3,(H,27,29)/b26-15+. The summed E-state index contributed by atoms with van der Waals surface area (Å²) in [5.74, 6) is 1.78. The highest BCUT2D eigenvalue weighted by atomic mass is 32.2. The molecule has 3 aromatic rings. The van der Waals surface area contributed by atoms with Crippen LogP contribution in [0.25, 0.3) is 0 Å². The molecule has 0 aromatic heterocycles. The summed E-state index contributed by atoms with van der Waals surface area (Å²) in [5.41, 5.74) is 5.27. The lowest BCUT2D eigenvalue weighted by Gasteiger charge is -2.12. The second kappa shape index (κ2) is 13.0. The quantitative estimate of drug-likeness (QED) is 0.224. The maximum absolute atomic E-state index is 12.0. The summed E-state index contributed by atoms with van der Waals surface area (Å²) in [6.07, 6.45) is 1.54. The van der Waals surface area contributed by atoms with Crippen molar-refractivity contribution in [2.45, 2.75) is 19.3 Å². The number of nitro groups is 1. The van der Waals surface area contributed by atoms with Crippen LogP contribution < -0.4 is 14.9 Å². The lowest BCUT2D eigenvalue weighted by Crippen LogP contribution is -2.19. The Bertz CT molecular complexity index is 1120. The zero-order valence-electron chi connectivity index (χ0n) is 18.7. The number of ether oxygens (including phenoxy) is 2. The number of hydrazone groups is 1. The van der Waals surface area contributed by atoms with Gasteiger partial charge in [0, 0.05) is 17.9 Å². The van der Waals surface area contributed by atoms with Crippen LogP contribution in [0, 0.1) is 10.1 Å². The summed E-state index contributed by atoms with van der Waals surface area (Å²) in [6, 6.07) is 21.6. The van der Waals surface area contributed by atoms with Gasteiger partial charge in [-0.25, -0.2) is 5.43 Å². The Morgan fingerprint density at radius 3 is 2.50 bits per heavy atom. The first-order valence-electron chi connectivity index (χ1n) is 10.6. The van der Waals surface area contributed by atoms with E-state index in [2.05, 4.69) is 10.5 Å². The number of carbonyl (C=O) groups excluding carboxylic acids is 1. The predicted molar refractivity (Wildman–Crippen MR) is 133 cm³/mol. The average molecular weight is 480 g/mol. The molecule has 34 heavy (non-hydrogen) atoms. The number of nitrogens with zero attached hydrogens (tertiary/aromatic N) is 2. The highest BCUT2D eigenvalue weighted by Gasteiger charge is 2.08. The van der Waals surface area contributed by atoms with Gasteiger partial charge in [-0.2, -0.15) is 5.10 Å². The van der Waals surface area contributed by atoms with Gasteiger partial charge >= 0.3 is 0 Å². The average Bonchev–Trinajstić information content (AvgIpc) is 2.85. The van der Waals surface area contributed by atoms with Gasteiger partial charge in [-0.3, -0.25) is 14.9 Å². The molecule has 0 aliphatic carbocycles. The van der Waals surface area contributed by atoms with Crippen molar-refractivity contribution in [3.8, 4) is 11.5 Å². The minimum Gasteiger partial charge on any atom is -0.490 e. The first-order chi connectivity index (χ1) is 16.5. The number of rotatable bonds is 12. The van der Waals surface area contributed by atoms with Gasteiger partial charge < -0.3 is 9.47 Å². The largest absolute Gasteiger partial charge is 0.490 e. The molecule has 0 saturated carbocycles. The molecule has 0 atom stereocenters. The lowest BCUT2D eigenvalue weighted by molar-refractivity contribution is -0.384. The Balaban J connectivity index is 1.47. The van der Waals surface area contributed by atoms with Crippen molar-refractivity contribution in [3.05, 3.63) is 99.6 Å². The van der Waals surface area contributed by atoms with E-state index in [1.165, 1.54) is 23.9 Å². The Morgan fingerprint density at radius 1 is 1.03 bits per heavy atom. The van der Waals surface area contributed by atoms with E-state index in [4.69, 9.17) is 9.47 Å². The first kappa shape index (κ1) is 24.8. The second-order valence-corrected chi connectivity index (χ2v) is 8.11. The van der Waals surface area contributed by atoms with Crippen molar-refractivity contribution in [2.24, 2.45) is 5.10 Å². The number of thioether (sulfide) groups is 1. The topological polar surface area (TPSA) is 103 Å². The summed E-state index contributed by atoms with van der Waals surface area (Å²) in [6.45, 7) is 2.82. The minimum atomic E-state index is -0.439. The molecule has 8 nitrogen and oxygen atoms in total. The van der Waals surface area contributed by atoms with Crippen LogP contribution in [0.2, 0.25) is 0 Å². The van der Waals surface area contributed by atoms with Crippen molar-refractivity contribution < 1.29 is 19.2 Å².